The van der Waals surface area contributed by atoms with Gasteiger partial charge in [0.15, 0.2) is 0 Å². The molecule has 1 fully saturated rings. The molecule has 100 valence electrons. The molecule has 2 unspecified atom stereocenters. The quantitative estimate of drug-likeness (QED) is 0.864. The number of hydrogen-bond donors (Lipinski definition) is 1. The van der Waals surface area contributed by atoms with Crippen molar-refractivity contribution in [2.45, 2.75) is 38.8 Å². The Morgan fingerprint density at radius 3 is 2.72 bits per heavy atom. The van der Waals surface area contributed by atoms with Crippen LogP contribution >= 0.6 is 0 Å². The molecule has 0 aromatic heterocycles. The summed E-state index contributed by atoms with van der Waals surface area (Å²) >= 11 is 0. The predicted octanol–water partition coefficient (Wildman–Crippen LogP) is 2.96. The highest BCUT2D eigenvalue weighted by atomic mass is 19.1. The molecule has 1 saturated heterocycles. The largest absolute Gasteiger partial charge is 0.315 e. The molecule has 1 heterocycles. The molecule has 0 radical (unpaired) electrons. The molecule has 0 aliphatic carbocycles. The van der Waals surface area contributed by atoms with Crippen LogP contribution in [0.3, 0.4) is 0 Å². The Bertz CT molecular complexity index is 375. The third-order valence-electron chi connectivity index (χ3n) is 3.92. The van der Waals surface area contributed by atoms with Crippen LogP contribution in [-0.2, 0) is 0 Å². The average Bonchev–Trinajstić information content (AvgIpc) is 2.90. The van der Waals surface area contributed by atoms with Crippen LogP contribution in [-0.4, -0.2) is 30.6 Å². The zero-order valence-electron chi connectivity index (χ0n) is 11.3. The Morgan fingerprint density at radius 1 is 1.39 bits per heavy atom. The van der Waals surface area contributed by atoms with Crippen LogP contribution in [0.25, 0.3) is 0 Å². The number of rotatable bonds is 5. The predicted molar refractivity (Wildman–Crippen MR) is 73.1 cm³/mol. The minimum Gasteiger partial charge on any atom is -0.315 e. The molecule has 2 nitrogen and oxygen atoms in total. The summed E-state index contributed by atoms with van der Waals surface area (Å²) in [5.41, 5.74) is 0.841. The highest BCUT2D eigenvalue weighted by Crippen LogP contribution is 2.29. The number of nitrogens with zero attached hydrogens (tertiary/aromatic N) is 1. The maximum Gasteiger partial charge on any atom is 0.127 e. The van der Waals surface area contributed by atoms with E-state index in [2.05, 4.69) is 24.1 Å². The van der Waals surface area contributed by atoms with Crippen LogP contribution in [0.5, 0.6) is 0 Å². The second-order valence-electron chi connectivity index (χ2n) is 4.92. The third-order valence-corrected chi connectivity index (χ3v) is 3.92. The zero-order chi connectivity index (χ0) is 13.0. The van der Waals surface area contributed by atoms with Crippen LogP contribution in [0.2, 0.25) is 0 Å². The van der Waals surface area contributed by atoms with Crippen LogP contribution in [0.1, 0.15) is 38.3 Å². The summed E-state index contributed by atoms with van der Waals surface area (Å²) in [5.74, 6) is -0.0752. The lowest BCUT2D eigenvalue weighted by Crippen LogP contribution is -2.39. The molecule has 0 spiro atoms. The monoisotopic (exact) mass is 250 g/mol. The SMILES string of the molecule is CCC(c1ccccc1F)N(CC)C1CCNC1. The number of benzene rings is 1. The molecule has 3 heteroatoms. The van der Waals surface area contributed by atoms with E-state index in [-0.39, 0.29) is 11.9 Å². The topological polar surface area (TPSA) is 15.3 Å². The fourth-order valence-corrected chi connectivity index (χ4v) is 3.03. The Kier molecular flexibility index (Phi) is 4.72. The minimum atomic E-state index is -0.0752. The second kappa shape index (κ2) is 6.30. The summed E-state index contributed by atoms with van der Waals surface area (Å²) in [5, 5.41) is 3.40. The van der Waals surface area contributed by atoms with Gasteiger partial charge in [0, 0.05) is 24.2 Å². The van der Waals surface area contributed by atoms with Gasteiger partial charge in [0.2, 0.25) is 0 Å². The van der Waals surface area contributed by atoms with Crippen molar-refractivity contribution < 1.29 is 4.39 Å². The first kappa shape index (κ1) is 13.5. The maximum atomic E-state index is 14.0. The molecule has 0 bridgehead atoms. The molecule has 1 aromatic carbocycles. The number of nitrogens with one attached hydrogen (secondary N) is 1. The lowest BCUT2D eigenvalue weighted by atomic mass is 10.00. The van der Waals surface area contributed by atoms with E-state index in [1.165, 1.54) is 6.42 Å². The van der Waals surface area contributed by atoms with Crippen molar-refractivity contribution in [3.8, 4) is 0 Å². The van der Waals surface area contributed by atoms with Crippen molar-refractivity contribution in [1.82, 2.24) is 10.2 Å². The molecule has 2 atom stereocenters. The van der Waals surface area contributed by atoms with Gasteiger partial charge in [-0.25, -0.2) is 4.39 Å². The van der Waals surface area contributed by atoms with E-state index in [0.717, 1.165) is 31.6 Å². The van der Waals surface area contributed by atoms with Crippen LogP contribution in [0.4, 0.5) is 4.39 Å². The smallest absolute Gasteiger partial charge is 0.127 e. The maximum absolute atomic E-state index is 14.0. The Morgan fingerprint density at radius 2 is 2.17 bits per heavy atom. The fourth-order valence-electron chi connectivity index (χ4n) is 3.03. The summed E-state index contributed by atoms with van der Waals surface area (Å²) in [4.78, 5) is 2.44. The van der Waals surface area contributed by atoms with E-state index < -0.39 is 0 Å². The molecular weight excluding hydrogens is 227 g/mol. The first-order chi connectivity index (χ1) is 8.77. The zero-order valence-corrected chi connectivity index (χ0v) is 11.3. The van der Waals surface area contributed by atoms with E-state index in [4.69, 9.17) is 0 Å². The molecule has 1 aromatic rings. The summed E-state index contributed by atoms with van der Waals surface area (Å²) in [6.45, 7) is 7.39. The van der Waals surface area contributed by atoms with Crippen molar-refractivity contribution >= 4 is 0 Å². The molecule has 1 aliphatic rings. The Balaban J connectivity index is 2.23. The molecule has 2 rings (SSSR count). The fraction of sp³-hybridized carbons (Fsp3) is 0.600. The highest BCUT2D eigenvalue weighted by molar-refractivity contribution is 5.21. The van der Waals surface area contributed by atoms with Gasteiger partial charge >= 0.3 is 0 Å². The molecule has 1 aliphatic heterocycles. The average molecular weight is 250 g/mol. The first-order valence-electron chi connectivity index (χ1n) is 6.98. The van der Waals surface area contributed by atoms with Gasteiger partial charge in [0.05, 0.1) is 0 Å². The van der Waals surface area contributed by atoms with Gasteiger partial charge in [-0.3, -0.25) is 4.90 Å². The molecular formula is C15H23FN2. The second-order valence-corrected chi connectivity index (χ2v) is 4.92. The molecule has 0 saturated carbocycles. The Hall–Kier alpha value is -0.930. The number of halogens is 1. The summed E-state index contributed by atoms with van der Waals surface area (Å²) in [6.07, 6.45) is 2.12. The number of likely N-dealkylation sites (N-methyl/N-ethyl adjacent to an activating group) is 1. The van der Waals surface area contributed by atoms with Crippen LogP contribution in [0.15, 0.2) is 24.3 Å². The normalized spacial score (nSPS) is 21.4. The van der Waals surface area contributed by atoms with Crippen molar-refractivity contribution in [1.29, 1.82) is 0 Å². The van der Waals surface area contributed by atoms with Gasteiger partial charge in [-0.1, -0.05) is 32.0 Å². The van der Waals surface area contributed by atoms with E-state index >= 15 is 0 Å². The van der Waals surface area contributed by atoms with Gasteiger partial charge in [-0.05, 0) is 32.0 Å². The van der Waals surface area contributed by atoms with Gasteiger partial charge in [0.25, 0.3) is 0 Å². The standard InChI is InChI=1S/C15H23FN2/c1-3-15(13-7-5-6-8-14(13)16)18(4-2)12-9-10-17-11-12/h5-8,12,15,17H,3-4,9-11H2,1-2H3. The summed E-state index contributed by atoms with van der Waals surface area (Å²) in [7, 11) is 0. The van der Waals surface area contributed by atoms with Crippen LogP contribution in [0, 0.1) is 5.82 Å². The summed E-state index contributed by atoms with van der Waals surface area (Å²) < 4.78 is 14.0. The van der Waals surface area contributed by atoms with E-state index in [9.17, 15) is 4.39 Å². The highest BCUT2D eigenvalue weighted by Gasteiger charge is 2.28. The third kappa shape index (κ3) is 2.73. The lowest BCUT2D eigenvalue weighted by Gasteiger charge is -2.35. The lowest BCUT2D eigenvalue weighted by molar-refractivity contribution is 0.144. The molecule has 0 amide bonds. The van der Waals surface area contributed by atoms with Gasteiger partial charge < -0.3 is 5.32 Å². The molecule has 1 N–H and O–H groups in total. The summed E-state index contributed by atoms with van der Waals surface area (Å²) in [6, 6.07) is 7.93. The van der Waals surface area contributed by atoms with Gasteiger partial charge in [-0.2, -0.15) is 0 Å². The van der Waals surface area contributed by atoms with Crippen molar-refractivity contribution in [2.75, 3.05) is 19.6 Å². The molecule has 18 heavy (non-hydrogen) atoms. The van der Waals surface area contributed by atoms with Crippen LogP contribution < -0.4 is 5.32 Å². The van der Waals surface area contributed by atoms with Crippen molar-refractivity contribution in [3.05, 3.63) is 35.6 Å². The van der Waals surface area contributed by atoms with Crippen molar-refractivity contribution in [3.63, 3.8) is 0 Å². The van der Waals surface area contributed by atoms with Gasteiger partial charge in [0.1, 0.15) is 5.82 Å². The van der Waals surface area contributed by atoms with E-state index in [1.54, 1.807) is 12.1 Å². The van der Waals surface area contributed by atoms with Gasteiger partial charge in [-0.15, -0.1) is 0 Å². The minimum absolute atomic E-state index is 0.0752. The van der Waals surface area contributed by atoms with E-state index in [0.29, 0.717) is 6.04 Å². The van der Waals surface area contributed by atoms with E-state index in [1.807, 2.05) is 12.1 Å². The number of hydrogen-bond acceptors (Lipinski definition) is 2. The van der Waals surface area contributed by atoms with Crippen molar-refractivity contribution in [2.24, 2.45) is 0 Å². The Labute approximate surface area is 109 Å². The first-order valence-corrected chi connectivity index (χ1v) is 6.98.